The Balaban J connectivity index is 1.97. The molecule has 0 aromatic rings. The van der Waals surface area contributed by atoms with Gasteiger partial charge in [0.25, 0.3) is 0 Å². The highest BCUT2D eigenvalue weighted by molar-refractivity contribution is 7.36. The largest absolute Gasteiger partial charge is 0.392 e. The Hall–Kier alpha value is 0.390. The normalized spacial score (nSPS) is 10.5. The number of hydrogen-bond donors (Lipinski definition) is 1. The van der Waals surface area contributed by atoms with Gasteiger partial charge in [0.1, 0.15) is 0 Å². The van der Waals surface area contributed by atoms with Crippen molar-refractivity contribution in [3.05, 3.63) is 0 Å². The average Bonchev–Trinajstić information content (AvgIpc) is 1.37. The van der Waals surface area contributed by atoms with Crippen molar-refractivity contribution >= 4 is 8.58 Å². The van der Waals surface area contributed by atoms with Gasteiger partial charge in [-0.2, -0.15) is 0 Å². The lowest BCUT2D eigenvalue weighted by Gasteiger charge is -1.70. The Kier molecular flexibility index (Phi) is 3.72. The van der Waals surface area contributed by atoms with Gasteiger partial charge in [-0.3, -0.25) is 0 Å². The first-order valence-electron chi connectivity index (χ1n) is 1.17. The monoisotopic (exact) mass is 78.0 g/mol. The Bertz CT molecular complexity index is 8.00. The molecule has 0 heterocycles. The summed E-state index contributed by atoms with van der Waals surface area (Å²) in [4.78, 5) is 0. The van der Waals surface area contributed by atoms with E-state index in [0.717, 1.165) is 0 Å². The topological polar surface area (TPSA) is 20.2 Å². The first-order valence-corrected chi connectivity index (χ1v) is 2.88. The van der Waals surface area contributed by atoms with Crippen LogP contribution in [0.2, 0.25) is 0 Å². The van der Waals surface area contributed by atoms with Gasteiger partial charge in [-0.15, -0.1) is 0 Å². The predicted octanol–water partition coefficient (Wildman–Crippen LogP) is 0.244. The van der Waals surface area contributed by atoms with Crippen LogP contribution in [0, 0.1) is 0 Å². The average molecular weight is 78.1 g/mol. The summed E-state index contributed by atoms with van der Waals surface area (Å²) in [5.74, 6) is 0. The van der Waals surface area contributed by atoms with E-state index in [1.54, 1.807) is 0 Å². The maximum absolute atomic E-state index is 7.89. The number of aliphatic hydroxyl groups excluding tert-OH is 1. The fourth-order valence-electron chi connectivity index (χ4n) is 0. The lowest BCUT2D eigenvalue weighted by atomic mass is 11.7. The van der Waals surface area contributed by atoms with Crippen molar-refractivity contribution in [1.82, 2.24) is 0 Å². The molecule has 1 N–H and O–H groups in total. The summed E-state index contributed by atoms with van der Waals surface area (Å²) in [6, 6.07) is 0. The van der Waals surface area contributed by atoms with E-state index in [-0.39, 0.29) is 0 Å². The van der Waals surface area contributed by atoms with Gasteiger partial charge >= 0.3 is 0 Å². The van der Waals surface area contributed by atoms with Crippen molar-refractivity contribution in [2.45, 2.75) is 0 Å². The summed E-state index contributed by atoms with van der Waals surface area (Å²) in [5.41, 5.74) is 0. The van der Waals surface area contributed by atoms with Crippen LogP contribution in [0.1, 0.15) is 0 Å². The summed E-state index contributed by atoms with van der Waals surface area (Å²) in [6.07, 6.45) is 0.347. The first kappa shape index (κ1) is 4.39. The maximum Gasteiger partial charge on any atom is 0.0593 e. The molecule has 0 aliphatic rings. The minimum absolute atomic E-state index is 0.347. The van der Waals surface area contributed by atoms with Crippen LogP contribution in [0.15, 0.2) is 0 Å². The number of hydrogen-bond acceptors (Lipinski definition) is 1. The molecule has 0 aliphatic heterocycles. The summed E-state index contributed by atoms with van der Waals surface area (Å²) in [7, 11) is 0.696. The van der Waals surface area contributed by atoms with E-state index in [9.17, 15) is 0 Å². The van der Waals surface area contributed by atoms with Crippen LogP contribution in [-0.4, -0.2) is 18.1 Å². The lowest BCUT2D eigenvalue weighted by molar-refractivity contribution is 0.373. The summed E-state index contributed by atoms with van der Waals surface area (Å²) in [6.45, 7) is 1.96. The summed E-state index contributed by atoms with van der Waals surface area (Å²) in [5, 5.41) is 7.89. The zero-order valence-corrected chi connectivity index (χ0v) is 3.65. The van der Waals surface area contributed by atoms with Crippen molar-refractivity contribution in [3.8, 4) is 0 Å². The van der Waals surface area contributed by atoms with Crippen LogP contribution in [0.5, 0.6) is 0 Å². The molecule has 0 spiro atoms. The third kappa shape index (κ3) is 2.39. The molecule has 0 rings (SSSR count). The summed E-state index contributed by atoms with van der Waals surface area (Å²) < 4.78 is 0. The molecule has 2 heteroatoms. The molecular weight excluding hydrogens is 71.0 g/mol. The molecule has 0 bridgehead atoms. The van der Waals surface area contributed by atoms with Crippen LogP contribution < -0.4 is 0 Å². The molecule has 1 nitrogen and oxygen atoms in total. The fourth-order valence-corrected chi connectivity index (χ4v) is 0. The van der Waals surface area contributed by atoms with Crippen molar-refractivity contribution in [3.63, 3.8) is 0 Å². The van der Waals surface area contributed by atoms with E-state index in [1.165, 1.54) is 0 Å². The molecule has 4 heavy (non-hydrogen) atoms. The van der Waals surface area contributed by atoms with Gasteiger partial charge in [0.2, 0.25) is 0 Å². The van der Waals surface area contributed by atoms with E-state index in [1.807, 2.05) is 6.66 Å². The lowest BCUT2D eigenvalue weighted by Crippen LogP contribution is -1.57. The molecule has 0 saturated heterocycles. The van der Waals surface area contributed by atoms with Crippen LogP contribution >= 0.6 is 8.58 Å². The second-order valence-electron chi connectivity index (χ2n) is 0.512. The van der Waals surface area contributed by atoms with Gasteiger partial charge in [0.15, 0.2) is 0 Å². The van der Waals surface area contributed by atoms with Crippen molar-refractivity contribution in [1.29, 1.82) is 0 Å². The molecule has 0 saturated carbocycles. The predicted molar refractivity (Wildman–Crippen MR) is 21.3 cm³/mol. The van der Waals surface area contributed by atoms with Crippen LogP contribution in [0.25, 0.3) is 0 Å². The van der Waals surface area contributed by atoms with Crippen molar-refractivity contribution in [2.75, 3.05) is 13.0 Å². The number of aliphatic hydroxyl groups is 1. The molecule has 0 amide bonds. The molecule has 26 valence electrons. The Morgan fingerprint density at radius 3 is 2.25 bits per heavy atom. The fraction of sp³-hybridized carbons (Fsp3) is 1.00. The SMILES string of the molecule is CPCO. The standard InChI is InChI=1S/C2H7OP/c1-4-2-3/h3-4H,2H2,1H3. The molecule has 1 atom stereocenters. The van der Waals surface area contributed by atoms with Gasteiger partial charge in [-0.05, 0) is 6.66 Å². The van der Waals surface area contributed by atoms with Gasteiger partial charge in [-0.1, -0.05) is 8.58 Å². The van der Waals surface area contributed by atoms with Gasteiger partial charge in [0, 0.05) is 0 Å². The third-order valence-electron chi connectivity index (χ3n) is 0.158. The second kappa shape index (κ2) is 3.39. The highest BCUT2D eigenvalue weighted by Gasteiger charge is 1.55. The van der Waals surface area contributed by atoms with Crippen LogP contribution in [-0.2, 0) is 0 Å². The molecule has 0 fully saturated rings. The Morgan fingerprint density at radius 1 is 2.00 bits per heavy atom. The van der Waals surface area contributed by atoms with E-state index in [4.69, 9.17) is 5.11 Å². The first-order chi connectivity index (χ1) is 1.91. The van der Waals surface area contributed by atoms with E-state index >= 15 is 0 Å². The van der Waals surface area contributed by atoms with Crippen molar-refractivity contribution in [2.24, 2.45) is 0 Å². The molecule has 0 aromatic carbocycles. The molecule has 0 aliphatic carbocycles. The highest BCUT2D eigenvalue weighted by atomic mass is 31.1. The van der Waals surface area contributed by atoms with E-state index in [2.05, 4.69) is 0 Å². The second-order valence-corrected chi connectivity index (χ2v) is 1.54. The van der Waals surface area contributed by atoms with Gasteiger partial charge in [-0.25, -0.2) is 0 Å². The van der Waals surface area contributed by atoms with Gasteiger partial charge in [0.05, 0.1) is 6.35 Å². The number of rotatable bonds is 1. The molecular formula is C2H7OP. The molecule has 1 unspecified atom stereocenters. The Labute approximate surface area is 27.8 Å². The van der Waals surface area contributed by atoms with Crippen LogP contribution in [0.4, 0.5) is 0 Å². The summed E-state index contributed by atoms with van der Waals surface area (Å²) >= 11 is 0. The van der Waals surface area contributed by atoms with Gasteiger partial charge < -0.3 is 5.11 Å². The van der Waals surface area contributed by atoms with E-state index in [0.29, 0.717) is 14.9 Å². The quantitative estimate of drug-likeness (QED) is 0.445. The maximum atomic E-state index is 7.89. The van der Waals surface area contributed by atoms with Crippen molar-refractivity contribution < 1.29 is 5.11 Å². The third-order valence-corrected chi connectivity index (χ3v) is 0.474. The van der Waals surface area contributed by atoms with E-state index < -0.39 is 0 Å². The molecule has 0 aromatic heterocycles. The minimum atomic E-state index is 0.347. The smallest absolute Gasteiger partial charge is 0.0593 e. The zero-order valence-electron chi connectivity index (χ0n) is 2.65. The van der Waals surface area contributed by atoms with Crippen LogP contribution in [0.3, 0.4) is 0 Å². The molecule has 0 radical (unpaired) electrons. The zero-order chi connectivity index (χ0) is 3.41. The Morgan fingerprint density at radius 2 is 2.25 bits per heavy atom. The highest BCUT2D eigenvalue weighted by Crippen LogP contribution is 1.93. The minimum Gasteiger partial charge on any atom is -0.392 e.